The van der Waals surface area contributed by atoms with Gasteiger partial charge in [0.25, 0.3) is 5.92 Å². The van der Waals surface area contributed by atoms with Crippen LogP contribution in [0.4, 0.5) is 14.6 Å². The minimum atomic E-state index is -2.71. The number of rotatable bonds is 4. The van der Waals surface area contributed by atoms with Crippen LogP contribution in [-0.4, -0.2) is 55.4 Å². The molecule has 2 bridgehead atoms. The molecular weight excluding hydrogens is 402 g/mol. The molecule has 0 aliphatic carbocycles. The van der Waals surface area contributed by atoms with Crippen molar-refractivity contribution >= 4 is 5.82 Å². The van der Waals surface area contributed by atoms with Crippen molar-refractivity contribution in [3.05, 3.63) is 49.1 Å². The normalized spacial score (nSPS) is 26.7. The van der Waals surface area contributed by atoms with E-state index in [1.165, 1.54) is 0 Å². The Labute approximate surface area is 178 Å². The predicted octanol–water partition coefficient (Wildman–Crippen LogP) is 3.39. The van der Waals surface area contributed by atoms with Gasteiger partial charge in [0, 0.05) is 49.6 Å². The van der Waals surface area contributed by atoms with Gasteiger partial charge in [-0.15, -0.1) is 10.2 Å². The lowest BCUT2D eigenvalue weighted by molar-refractivity contribution is -0.0569. The zero-order chi connectivity index (χ0) is 21.8. The maximum absolute atomic E-state index is 14.4. The molecule has 0 radical (unpaired) electrons. The maximum Gasteiger partial charge on any atom is 0.267 e. The number of alkyl halides is 2. The molecule has 2 N–H and O–H groups in total. The smallest absolute Gasteiger partial charge is 0.267 e. The van der Waals surface area contributed by atoms with Gasteiger partial charge in [-0.25, -0.2) is 13.8 Å². The summed E-state index contributed by atoms with van der Waals surface area (Å²) in [6.45, 7) is 1.61. The van der Waals surface area contributed by atoms with Gasteiger partial charge in [0.05, 0.1) is 23.2 Å². The van der Waals surface area contributed by atoms with Gasteiger partial charge in [-0.3, -0.25) is 0 Å². The molecular formula is C22H24F2N6O. The van der Waals surface area contributed by atoms with E-state index in [9.17, 15) is 13.9 Å². The van der Waals surface area contributed by atoms with Crippen molar-refractivity contribution in [1.29, 1.82) is 0 Å². The number of aromatic hydroxyl groups is 1. The van der Waals surface area contributed by atoms with Crippen LogP contribution in [0, 0.1) is 0 Å². The highest BCUT2D eigenvalue weighted by atomic mass is 19.3. The molecule has 9 heteroatoms. The monoisotopic (exact) mass is 426 g/mol. The molecule has 0 amide bonds. The van der Waals surface area contributed by atoms with Crippen molar-refractivity contribution in [3.63, 3.8) is 0 Å². The average molecular weight is 426 g/mol. The first-order valence-corrected chi connectivity index (χ1v) is 10.3. The van der Waals surface area contributed by atoms with Crippen LogP contribution in [0.2, 0.25) is 0 Å². The van der Waals surface area contributed by atoms with Gasteiger partial charge in [0.2, 0.25) is 0 Å². The third-order valence-corrected chi connectivity index (χ3v) is 6.65. The number of benzene rings is 1. The zero-order valence-electron chi connectivity index (χ0n) is 17.3. The molecule has 2 saturated heterocycles. The molecule has 7 nitrogen and oxygen atoms in total. The molecule has 2 aliphatic rings. The van der Waals surface area contributed by atoms with Crippen LogP contribution in [0.3, 0.4) is 0 Å². The summed E-state index contributed by atoms with van der Waals surface area (Å²) in [4.78, 5) is 5.94. The number of imidazole rings is 1. The number of fused-ring (bicyclic) bond motifs is 2. The first kappa shape index (κ1) is 19.9. The van der Waals surface area contributed by atoms with Crippen LogP contribution in [-0.2, 0) is 0 Å². The standard InChI is InChI=1S/C22H24F2N6O/c1-21-12-16(9-14(26-21)11-22(21,23)24)29(2)20-6-5-18(27-28-20)17-4-3-15(10-19(17)31)30-8-7-25-13-30/h3-8,10,13-14,16,26,31H,9,11-12H2,1-2H3/t14?,16-,21-/m0/s1. The van der Waals surface area contributed by atoms with Crippen LogP contribution < -0.4 is 10.2 Å². The Morgan fingerprint density at radius 3 is 2.68 bits per heavy atom. The summed E-state index contributed by atoms with van der Waals surface area (Å²) in [6.07, 6.45) is 5.98. The molecule has 162 valence electrons. The van der Waals surface area contributed by atoms with Gasteiger partial charge in [-0.05, 0) is 44.0 Å². The Morgan fingerprint density at radius 1 is 1.19 bits per heavy atom. The molecule has 2 aromatic heterocycles. The number of hydrogen-bond acceptors (Lipinski definition) is 6. The van der Waals surface area contributed by atoms with Crippen molar-refractivity contribution in [1.82, 2.24) is 25.1 Å². The second-order valence-corrected chi connectivity index (χ2v) is 8.73. The number of halogens is 2. The number of piperidine rings is 1. The minimum Gasteiger partial charge on any atom is -0.507 e. The topological polar surface area (TPSA) is 79.1 Å². The lowest BCUT2D eigenvalue weighted by atomic mass is 9.86. The number of anilines is 1. The quantitative estimate of drug-likeness (QED) is 0.666. The Balaban J connectivity index is 1.35. The highest BCUT2D eigenvalue weighted by Gasteiger charge is 2.61. The number of hydrogen-bond donors (Lipinski definition) is 2. The first-order chi connectivity index (χ1) is 14.8. The summed E-state index contributed by atoms with van der Waals surface area (Å²) in [5, 5.41) is 22.2. The number of nitrogens with zero attached hydrogens (tertiary/aromatic N) is 5. The van der Waals surface area contributed by atoms with E-state index in [2.05, 4.69) is 20.5 Å². The Kier molecular flexibility index (Phi) is 4.47. The Morgan fingerprint density at radius 2 is 2.03 bits per heavy atom. The maximum atomic E-state index is 14.4. The second-order valence-electron chi connectivity index (χ2n) is 8.73. The molecule has 3 atom stereocenters. The van der Waals surface area contributed by atoms with Crippen molar-refractivity contribution in [3.8, 4) is 22.7 Å². The van der Waals surface area contributed by atoms with Crippen molar-refractivity contribution < 1.29 is 13.9 Å². The van der Waals surface area contributed by atoms with Crippen molar-refractivity contribution in [2.24, 2.45) is 0 Å². The van der Waals surface area contributed by atoms with Gasteiger partial charge in [0.15, 0.2) is 5.82 Å². The highest BCUT2D eigenvalue weighted by molar-refractivity contribution is 5.69. The third-order valence-electron chi connectivity index (χ3n) is 6.65. The summed E-state index contributed by atoms with van der Waals surface area (Å²) in [5.41, 5.74) is 0.701. The molecule has 1 unspecified atom stereocenters. The second kappa shape index (κ2) is 6.98. The largest absolute Gasteiger partial charge is 0.507 e. The highest BCUT2D eigenvalue weighted by Crippen LogP contribution is 2.47. The van der Waals surface area contributed by atoms with Crippen LogP contribution in [0.15, 0.2) is 49.1 Å². The fourth-order valence-electron chi connectivity index (χ4n) is 4.82. The number of phenolic OH excluding ortho intramolecular Hbond substituents is 1. The molecule has 0 saturated carbocycles. The van der Waals surface area contributed by atoms with Gasteiger partial charge >= 0.3 is 0 Å². The zero-order valence-corrected chi connectivity index (χ0v) is 17.3. The first-order valence-electron chi connectivity index (χ1n) is 10.3. The van der Waals surface area contributed by atoms with Gasteiger partial charge < -0.3 is 19.9 Å². The van der Waals surface area contributed by atoms with E-state index >= 15 is 0 Å². The van der Waals surface area contributed by atoms with Crippen LogP contribution in [0.25, 0.3) is 16.9 Å². The average Bonchev–Trinajstić information content (AvgIpc) is 3.32. The van der Waals surface area contributed by atoms with E-state index in [1.54, 1.807) is 48.4 Å². The summed E-state index contributed by atoms with van der Waals surface area (Å²) in [7, 11) is 1.87. The Bertz CT molecular complexity index is 1090. The van der Waals surface area contributed by atoms with E-state index in [-0.39, 0.29) is 24.3 Å². The van der Waals surface area contributed by atoms with E-state index in [1.807, 2.05) is 24.1 Å². The number of nitrogens with one attached hydrogen (secondary N) is 1. The molecule has 31 heavy (non-hydrogen) atoms. The van der Waals surface area contributed by atoms with E-state index in [0.717, 1.165) is 5.69 Å². The molecule has 3 aromatic rings. The molecule has 5 rings (SSSR count). The number of aromatic nitrogens is 4. The van der Waals surface area contributed by atoms with Crippen LogP contribution >= 0.6 is 0 Å². The fraction of sp³-hybridized carbons (Fsp3) is 0.409. The van der Waals surface area contributed by atoms with Crippen LogP contribution in [0.5, 0.6) is 5.75 Å². The fourth-order valence-corrected chi connectivity index (χ4v) is 4.82. The Hall–Kier alpha value is -3.07. The van der Waals surface area contributed by atoms with E-state index < -0.39 is 11.5 Å². The van der Waals surface area contributed by atoms with E-state index in [0.29, 0.717) is 29.9 Å². The van der Waals surface area contributed by atoms with Crippen LogP contribution in [0.1, 0.15) is 26.2 Å². The molecule has 2 aliphatic heterocycles. The minimum absolute atomic E-state index is 0.0485. The molecule has 0 spiro atoms. The van der Waals surface area contributed by atoms with E-state index in [4.69, 9.17) is 0 Å². The number of phenols is 1. The van der Waals surface area contributed by atoms with Gasteiger partial charge in [-0.2, -0.15) is 0 Å². The predicted molar refractivity (Wildman–Crippen MR) is 113 cm³/mol. The summed E-state index contributed by atoms with van der Waals surface area (Å²) in [5.74, 6) is -1.99. The lowest BCUT2D eigenvalue weighted by Crippen LogP contribution is -2.58. The SMILES string of the molecule is CN(c1ccc(-c2ccc(-n3ccnc3)cc2O)nn1)[C@H]1CC2CC(F)(F)[C@](C)(C1)N2. The van der Waals surface area contributed by atoms with Crippen molar-refractivity contribution in [2.45, 2.75) is 49.7 Å². The lowest BCUT2D eigenvalue weighted by Gasteiger charge is -2.42. The molecule has 4 heterocycles. The van der Waals surface area contributed by atoms with Gasteiger partial charge in [0.1, 0.15) is 5.75 Å². The summed E-state index contributed by atoms with van der Waals surface area (Å²) >= 11 is 0. The molecule has 1 aromatic carbocycles. The summed E-state index contributed by atoms with van der Waals surface area (Å²) in [6, 6.07) is 8.65. The van der Waals surface area contributed by atoms with Gasteiger partial charge in [-0.1, -0.05) is 0 Å². The molecule has 2 fully saturated rings. The third kappa shape index (κ3) is 3.33. The summed E-state index contributed by atoms with van der Waals surface area (Å²) < 4.78 is 30.6. The van der Waals surface area contributed by atoms with Crippen molar-refractivity contribution in [2.75, 3.05) is 11.9 Å².